The molecule has 2 N–H and O–H groups in total. The average molecular weight is 291 g/mol. The van der Waals surface area contributed by atoms with Crippen LogP contribution in [-0.4, -0.2) is 32.1 Å². The molecule has 0 aliphatic carbocycles. The third-order valence-corrected chi connectivity index (χ3v) is 3.45. The predicted octanol–water partition coefficient (Wildman–Crippen LogP) is 2.39. The number of rotatable bonds is 6. The SMILES string of the molecule is CNC(=O)C(C)CN(C)c1ccccc1CNC(C)(C)C. The Morgan fingerprint density at radius 1 is 1.29 bits per heavy atom. The Labute approximate surface area is 128 Å². The van der Waals surface area contributed by atoms with Gasteiger partial charge in [0.25, 0.3) is 0 Å². The molecule has 0 heterocycles. The van der Waals surface area contributed by atoms with Crippen molar-refractivity contribution >= 4 is 11.6 Å². The van der Waals surface area contributed by atoms with E-state index in [2.05, 4.69) is 54.5 Å². The average Bonchev–Trinajstić information content (AvgIpc) is 2.43. The van der Waals surface area contributed by atoms with Crippen LogP contribution in [0.4, 0.5) is 5.69 Å². The molecule has 1 unspecified atom stereocenters. The van der Waals surface area contributed by atoms with Crippen LogP contribution >= 0.6 is 0 Å². The Kier molecular flexibility index (Phi) is 6.21. The second kappa shape index (κ2) is 7.46. The van der Waals surface area contributed by atoms with Crippen molar-refractivity contribution in [2.45, 2.75) is 39.8 Å². The normalized spacial score (nSPS) is 12.9. The van der Waals surface area contributed by atoms with Gasteiger partial charge in [-0.05, 0) is 32.4 Å². The van der Waals surface area contributed by atoms with E-state index < -0.39 is 0 Å². The van der Waals surface area contributed by atoms with Crippen LogP contribution in [0.2, 0.25) is 0 Å². The summed E-state index contributed by atoms with van der Waals surface area (Å²) in [5.41, 5.74) is 2.50. The van der Waals surface area contributed by atoms with E-state index in [1.165, 1.54) is 11.3 Å². The van der Waals surface area contributed by atoms with E-state index >= 15 is 0 Å². The fourth-order valence-electron chi connectivity index (χ4n) is 2.23. The number of nitrogens with zero attached hydrogens (tertiary/aromatic N) is 1. The first-order valence-corrected chi connectivity index (χ1v) is 7.50. The maximum Gasteiger partial charge on any atom is 0.224 e. The van der Waals surface area contributed by atoms with Gasteiger partial charge in [-0.2, -0.15) is 0 Å². The lowest BCUT2D eigenvalue weighted by molar-refractivity contribution is -0.123. The Morgan fingerprint density at radius 3 is 2.48 bits per heavy atom. The quantitative estimate of drug-likeness (QED) is 0.846. The third kappa shape index (κ3) is 5.76. The number of benzene rings is 1. The molecule has 0 spiro atoms. The molecule has 0 radical (unpaired) electrons. The molecule has 4 nitrogen and oxygen atoms in total. The smallest absolute Gasteiger partial charge is 0.224 e. The van der Waals surface area contributed by atoms with Gasteiger partial charge in [-0.25, -0.2) is 0 Å². The van der Waals surface area contributed by atoms with Crippen LogP contribution < -0.4 is 15.5 Å². The van der Waals surface area contributed by atoms with Crippen molar-refractivity contribution in [1.82, 2.24) is 10.6 Å². The van der Waals surface area contributed by atoms with Crippen molar-refractivity contribution in [2.24, 2.45) is 5.92 Å². The number of para-hydroxylation sites is 1. The summed E-state index contributed by atoms with van der Waals surface area (Å²) in [6.45, 7) is 9.95. The monoisotopic (exact) mass is 291 g/mol. The predicted molar refractivity (Wildman–Crippen MR) is 89.5 cm³/mol. The van der Waals surface area contributed by atoms with Crippen LogP contribution in [0, 0.1) is 5.92 Å². The van der Waals surface area contributed by atoms with Crippen molar-refractivity contribution in [2.75, 3.05) is 25.5 Å². The first kappa shape index (κ1) is 17.5. The van der Waals surface area contributed by atoms with Gasteiger partial charge in [-0.3, -0.25) is 4.79 Å². The van der Waals surface area contributed by atoms with Crippen LogP contribution in [0.25, 0.3) is 0 Å². The number of carbonyl (C=O) groups excluding carboxylic acids is 1. The number of anilines is 1. The molecule has 0 saturated heterocycles. The van der Waals surface area contributed by atoms with Crippen molar-refractivity contribution < 1.29 is 4.79 Å². The Hall–Kier alpha value is -1.55. The molecular weight excluding hydrogens is 262 g/mol. The summed E-state index contributed by atoms with van der Waals surface area (Å²) < 4.78 is 0. The molecule has 21 heavy (non-hydrogen) atoms. The number of amides is 1. The Bertz CT molecular complexity index is 465. The highest BCUT2D eigenvalue weighted by molar-refractivity contribution is 5.78. The van der Waals surface area contributed by atoms with Crippen LogP contribution in [0.15, 0.2) is 24.3 Å². The van der Waals surface area contributed by atoms with E-state index in [0.717, 1.165) is 6.54 Å². The van der Waals surface area contributed by atoms with E-state index in [0.29, 0.717) is 6.54 Å². The van der Waals surface area contributed by atoms with Gasteiger partial charge >= 0.3 is 0 Å². The summed E-state index contributed by atoms with van der Waals surface area (Å²) >= 11 is 0. The number of hydrogen-bond donors (Lipinski definition) is 2. The minimum atomic E-state index is -0.0383. The standard InChI is InChI=1S/C17H29N3O/c1-13(16(21)18-5)12-20(6)15-10-8-7-9-14(15)11-19-17(2,3)4/h7-10,13,19H,11-12H2,1-6H3,(H,18,21). The minimum Gasteiger partial charge on any atom is -0.374 e. The zero-order chi connectivity index (χ0) is 16.0. The summed E-state index contributed by atoms with van der Waals surface area (Å²) in [7, 11) is 3.72. The van der Waals surface area contributed by atoms with Crippen LogP contribution in [0.1, 0.15) is 33.3 Å². The maximum atomic E-state index is 11.7. The third-order valence-electron chi connectivity index (χ3n) is 3.45. The van der Waals surface area contributed by atoms with E-state index in [4.69, 9.17) is 0 Å². The lowest BCUT2D eigenvalue weighted by atomic mass is 10.1. The minimum absolute atomic E-state index is 0.0383. The van der Waals surface area contributed by atoms with Crippen LogP contribution in [0.5, 0.6) is 0 Å². The zero-order valence-electron chi connectivity index (χ0n) is 14.2. The molecule has 0 fully saturated rings. The molecule has 1 aromatic carbocycles. The van der Waals surface area contributed by atoms with Crippen LogP contribution in [0.3, 0.4) is 0 Å². The van der Waals surface area contributed by atoms with Gasteiger partial charge < -0.3 is 15.5 Å². The molecule has 4 heteroatoms. The molecule has 0 aliphatic heterocycles. The molecular formula is C17H29N3O. The van der Waals surface area contributed by atoms with Gasteiger partial charge in [-0.1, -0.05) is 25.1 Å². The van der Waals surface area contributed by atoms with Gasteiger partial charge in [-0.15, -0.1) is 0 Å². The molecule has 0 aromatic heterocycles. The van der Waals surface area contributed by atoms with Gasteiger partial charge in [0.1, 0.15) is 0 Å². The Morgan fingerprint density at radius 2 is 1.90 bits per heavy atom. The highest BCUT2D eigenvalue weighted by Crippen LogP contribution is 2.21. The number of hydrogen-bond acceptors (Lipinski definition) is 3. The molecule has 118 valence electrons. The first-order chi connectivity index (χ1) is 9.74. The van der Waals surface area contributed by atoms with Crippen molar-refractivity contribution in [3.63, 3.8) is 0 Å². The molecule has 1 aromatic rings. The molecule has 0 saturated carbocycles. The maximum absolute atomic E-state index is 11.7. The van der Waals surface area contributed by atoms with Gasteiger partial charge in [0.15, 0.2) is 0 Å². The summed E-state index contributed by atoms with van der Waals surface area (Å²) in [4.78, 5) is 13.8. The fourth-order valence-corrected chi connectivity index (χ4v) is 2.23. The van der Waals surface area contributed by atoms with Crippen LogP contribution in [-0.2, 0) is 11.3 Å². The second-order valence-corrected chi connectivity index (χ2v) is 6.63. The Balaban J connectivity index is 2.79. The summed E-state index contributed by atoms with van der Waals surface area (Å²) in [5, 5.41) is 6.22. The zero-order valence-corrected chi connectivity index (χ0v) is 14.2. The van der Waals surface area contributed by atoms with Crippen molar-refractivity contribution in [3.8, 4) is 0 Å². The number of nitrogens with one attached hydrogen (secondary N) is 2. The topological polar surface area (TPSA) is 44.4 Å². The van der Waals surface area contributed by atoms with Crippen molar-refractivity contribution in [1.29, 1.82) is 0 Å². The van der Waals surface area contributed by atoms with E-state index in [-0.39, 0.29) is 17.4 Å². The van der Waals surface area contributed by atoms with Gasteiger partial charge in [0.05, 0.1) is 5.92 Å². The largest absolute Gasteiger partial charge is 0.374 e. The number of carbonyl (C=O) groups is 1. The first-order valence-electron chi connectivity index (χ1n) is 7.50. The molecule has 1 amide bonds. The molecule has 0 aliphatic rings. The van der Waals surface area contributed by atoms with Gasteiger partial charge in [0.2, 0.25) is 5.91 Å². The highest BCUT2D eigenvalue weighted by atomic mass is 16.1. The van der Waals surface area contributed by atoms with E-state index in [9.17, 15) is 4.79 Å². The lowest BCUT2D eigenvalue weighted by Gasteiger charge is -2.27. The molecule has 1 rings (SSSR count). The highest BCUT2D eigenvalue weighted by Gasteiger charge is 2.16. The molecule has 0 bridgehead atoms. The summed E-state index contributed by atoms with van der Waals surface area (Å²) in [6.07, 6.45) is 0. The summed E-state index contributed by atoms with van der Waals surface area (Å²) in [5.74, 6) is 0.0378. The lowest BCUT2D eigenvalue weighted by Crippen LogP contribution is -2.37. The summed E-state index contributed by atoms with van der Waals surface area (Å²) in [6, 6.07) is 8.33. The van der Waals surface area contributed by atoms with Gasteiger partial charge in [0, 0.05) is 38.4 Å². The fraction of sp³-hybridized carbons (Fsp3) is 0.588. The van der Waals surface area contributed by atoms with Crippen molar-refractivity contribution in [3.05, 3.63) is 29.8 Å². The molecule has 1 atom stereocenters. The van der Waals surface area contributed by atoms with E-state index in [1.54, 1.807) is 7.05 Å². The second-order valence-electron chi connectivity index (χ2n) is 6.63. The van der Waals surface area contributed by atoms with E-state index in [1.807, 2.05) is 20.0 Å².